The van der Waals surface area contributed by atoms with Crippen molar-refractivity contribution < 1.29 is 29.4 Å². The van der Waals surface area contributed by atoms with E-state index in [0.717, 1.165) is 16.9 Å². The molecule has 0 spiro atoms. The van der Waals surface area contributed by atoms with E-state index in [4.69, 9.17) is 10.2 Å². The number of carboxylic acids is 2. The molecule has 0 unspecified atom stereocenters. The Bertz CT molecular complexity index is 928. The topological polar surface area (TPSA) is 153 Å². The summed E-state index contributed by atoms with van der Waals surface area (Å²) < 4.78 is 0. The number of carboxylic acid groups (broad SMARTS) is 2. The number of H-pyrrole nitrogens is 1. The van der Waals surface area contributed by atoms with E-state index in [2.05, 4.69) is 15.3 Å². The van der Waals surface area contributed by atoms with Crippen LogP contribution in [-0.4, -0.2) is 72.5 Å². The minimum Gasteiger partial charge on any atom is -0.481 e. The number of thioether (sulfide) groups is 1. The van der Waals surface area contributed by atoms with Gasteiger partial charge in [-0.1, -0.05) is 12.1 Å². The Morgan fingerprint density at radius 3 is 2.63 bits per heavy atom. The zero-order chi connectivity index (χ0) is 21.7. The lowest BCUT2D eigenvalue weighted by atomic mass is 10.2. The number of para-hydroxylation sites is 2. The molecule has 2 aliphatic heterocycles. The summed E-state index contributed by atoms with van der Waals surface area (Å²) in [6, 6.07) is 6.36. The number of aromatic amines is 1. The fourth-order valence-electron chi connectivity index (χ4n) is 3.21. The summed E-state index contributed by atoms with van der Waals surface area (Å²) >= 11 is 1.42. The highest BCUT2D eigenvalue weighted by Crippen LogP contribution is 2.23. The first-order valence-corrected chi connectivity index (χ1v) is 10.6. The van der Waals surface area contributed by atoms with E-state index in [0.29, 0.717) is 30.9 Å². The number of carbonyl (C=O) groups excluding carboxylic acids is 2. The van der Waals surface area contributed by atoms with Crippen molar-refractivity contribution in [1.82, 2.24) is 20.2 Å². The lowest BCUT2D eigenvalue weighted by molar-refractivity contribution is -0.148. The van der Waals surface area contributed by atoms with Gasteiger partial charge in [0.2, 0.25) is 11.8 Å². The zero-order valence-electron chi connectivity index (χ0n) is 16.0. The van der Waals surface area contributed by atoms with Crippen LogP contribution in [0.2, 0.25) is 0 Å². The van der Waals surface area contributed by atoms with E-state index >= 15 is 0 Å². The lowest BCUT2D eigenvalue weighted by Gasteiger charge is -2.23. The molecular formula is C19H22N4O6S. The highest BCUT2D eigenvalue weighted by atomic mass is 32.2. The molecule has 2 saturated heterocycles. The average Bonchev–Trinajstić information content (AvgIpc) is 3.44. The summed E-state index contributed by atoms with van der Waals surface area (Å²) in [7, 11) is 0. The van der Waals surface area contributed by atoms with Gasteiger partial charge in [0.25, 0.3) is 0 Å². The number of aryl methyl sites for hydroxylation is 1. The Labute approximate surface area is 176 Å². The van der Waals surface area contributed by atoms with Crippen LogP contribution in [-0.2, 0) is 25.6 Å². The third-order valence-corrected chi connectivity index (χ3v) is 5.77. The second-order valence-corrected chi connectivity index (χ2v) is 7.91. The fourth-order valence-corrected chi connectivity index (χ4v) is 4.37. The molecule has 160 valence electrons. The van der Waals surface area contributed by atoms with Crippen LogP contribution in [0.3, 0.4) is 0 Å². The van der Waals surface area contributed by atoms with Crippen LogP contribution < -0.4 is 5.32 Å². The maximum Gasteiger partial charge on any atom is 0.327 e. The van der Waals surface area contributed by atoms with Gasteiger partial charge in [0, 0.05) is 18.6 Å². The van der Waals surface area contributed by atoms with Crippen LogP contribution in [0.4, 0.5) is 0 Å². The number of carbonyl (C=O) groups is 4. The molecule has 0 bridgehead atoms. The standard InChI is InChI=1S/C10H10N2O2.C9H12N2O4S/c13-10(14)6-5-9-11-7-3-1-2-4-8(7)12-9;12-7-2-1-5(10-7)8(13)11-4-16-3-6(11)9(14)15/h1-4H,5-6H2,(H,11,12)(H,13,14);5-6H,1-4H2,(H,10,12)(H,14,15)/t;5-,6-/m.0/s1. The summed E-state index contributed by atoms with van der Waals surface area (Å²) in [5.74, 6) is -0.661. The van der Waals surface area contributed by atoms with Gasteiger partial charge in [-0.3, -0.25) is 14.4 Å². The van der Waals surface area contributed by atoms with Crippen molar-refractivity contribution in [3.63, 3.8) is 0 Å². The molecule has 1 aromatic heterocycles. The van der Waals surface area contributed by atoms with E-state index in [1.807, 2.05) is 24.3 Å². The Hall–Kier alpha value is -3.08. The van der Waals surface area contributed by atoms with Gasteiger partial charge in [0.1, 0.15) is 17.9 Å². The van der Waals surface area contributed by atoms with Gasteiger partial charge in [0.05, 0.1) is 23.3 Å². The van der Waals surface area contributed by atoms with Gasteiger partial charge < -0.3 is 25.4 Å². The van der Waals surface area contributed by atoms with Crippen molar-refractivity contribution >= 4 is 46.5 Å². The minimum absolute atomic E-state index is 0.111. The van der Waals surface area contributed by atoms with Crippen LogP contribution in [0.25, 0.3) is 11.0 Å². The third-order valence-electron chi connectivity index (χ3n) is 4.76. The van der Waals surface area contributed by atoms with Crippen LogP contribution >= 0.6 is 11.8 Å². The molecule has 2 amide bonds. The lowest BCUT2D eigenvalue weighted by Crippen LogP contribution is -2.49. The summed E-state index contributed by atoms with van der Waals surface area (Å²) in [4.78, 5) is 52.9. The van der Waals surface area contributed by atoms with Crippen molar-refractivity contribution in [3.8, 4) is 0 Å². The number of aliphatic carboxylic acids is 2. The Kier molecular flexibility index (Phi) is 6.93. The predicted molar refractivity (Wildman–Crippen MR) is 109 cm³/mol. The largest absolute Gasteiger partial charge is 0.481 e. The maximum atomic E-state index is 11.9. The second-order valence-electron chi connectivity index (χ2n) is 6.92. The number of benzene rings is 1. The van der Waals surface area contributed by atoms with Gasteiger partial charge >= 0.3 is 11.9 Å². The number of amides is 2. The number of hydrogen-bond acceptors (Lipinski definition) is 6. The molecule has 10 nitrogen and oxygen atoms in total. The molecule has 11 heteroatoms. The number of fused-ring (bicyclic) bond motifs is 1. The SMILES string of the molecule is O=C(O)CCc1nc2ccccc2[nH]1.O=C1CC[C@@H](C(=O)N2CSC[C@H]2C(=O)O)N1. The number of rotatable bonds is 5. The number of hydrogen-bond donors (Lipinski definition) is 4. The predicted octanol–water partition coefficient (Wildman–Crippen LogP) is 0.831. The molecule has 0 radical (unpaired) electrons. The van der Waals surface area contributed by atoms with Gasteiger partial charge in [-0.05, 0) is 18.6 Å². The summed E-state index contributed by atoms with van der Waals surface area (Å²) in [5.41, 5.74) is 1.83. The van der Waals surface area contributed by atoms with Crippen molar-refractivity contribution in [2.45, 2.75) is 37.8 Å². The van der Waals surface area contributed by atoms with Crippen molar-refractivity contribution in [2.24, 2.45) is 0 Å². The summed E-state index contributed by atoms with van der Waals surface area (Å²) in [6.07, 6.45) is 1.37. The molecule has 4 N–H and O–H groups in total. The number of nitrogens with one attached hydrogen (secondary N) is 2. The van der Waals surface area contributed by atoms with Crippen molar-refractivity contribution in [2.75, 3.05) is 11.6 Å². The first kappa shape index (κ1) is 21.6. The molecule has 0 saturated carbocycles. The average molecular weight is 434 g/mol. The highest BCUT2D eigenvalue weighted by molar-refractivity contribution is 7.99. The molecular weight excluding hydrogens is 412 g/mol. The van der Waals surface area contributed by atoms with Gasteiger partial charge in [-0.2, -0.15) is 0 Å². The number of nitrogens with zero attached hydrogens (tertiary/aromatic N) is 2. The Balaban J connectivity index is 0.000000172. The summed E-state index contributed by atoms with van der Waals surface area (Å²) in [5, 5.41) is 20.0. The maximum absolute atomic E-state index is 11.9. The smallest absolute Gasteiger partial charge is 0.327 e. The molecule has 2 atom stereocenters. The summed E-state index contributed by atoms with van der Waals surface area (Å²) in [6.45, 7) is 0. The van der Waals surface area contributed by atoms with Gasteiger partial charge in [-0.15, -0.1) is 11.8 Å². The first-order valence-electron chi connectivity index (χ1n) is 9.41. The third kappa shape index (κ3) is 5.29. The quantitative estimate of drug-likeness (QED) is 0.540. The monoisotopic (exact) mass is 434 g/mol. The zero-order valence-corrected chi connectivity index (χ0v) is 16.9. The van der Waals surface area contributed by atoms with E-state index in [1.165, 1.54) is 16.7 Å². The second kappa shape index (κ2) is 9.61. The van der Waals surface area contributed by atoms with Crippen molar-refractivity contribution in [3.05, 3.63) is 30.1 Å². The first-order chi connectivity index (χ1) is 14.3. The normalized spacial score (nSPS) is 20.5. The number of aromatic nitrogens is 2. The van der Waals surface area contributed by atoms with Crippen LogP contribution in [0, 0.1) is 0 Å². The molecule has 30 heavy (non-hydrogen) atoms. The van der Waals surface area contributed by atoms with E-state index in [9.17, 15) is 19.2 Å². The van der Waals surface area contributed by atoms with Gasteiger partial charge in [-0.25, -0.2) is 9.78 Å². The highest BCUT2D eigenvalue weighted by Gasteiger charge is 2.39. The molecule has 2 aliphatic rings. The minimum atomic E-state index is -0.984. The fraction of sp³-hybridized carbons (Fsp3) is 0.421. The molecule has 2 fully saturated rings. The van der Waals surface area contributed by atoms with Crippen LogP contribution in [0.1, 0.15) is 25.1 Å². The van der Waals surface area contributed by atoms with E-state index < -0.39 is 24.0 Å². The Morgan fingerprint density at radius 2 is 2.00 bits per heavy atom. The van der Waals surface area contributed by atoms with Crippen LogP contribution in [0.15, 0.2) is 24.3 Å². The van der Waals surface area contributed by atoms with E-state index in [1.54, 1.807) is 0 Å². The van der Waals surface area contributed by atoms with Crippen LogP contribution in [0.5, 0.6) is 0 Å². The molecule has 0 aliphatic carbocycles. The van der Waals surface area contributed by atoms with E-state index in [-0.39, 0.29) is 18.2 Å². The van der Waals surface area contributed by atoms with Gasteiger partial charge in [0.15, 0.2) is 0 Å². The molecule has 3 heterocycles. The molecule has 1 aromatic carbocycles. The Morgan fingerprint density at radius 1 is 1.23 bits per heavy atom. The van der Waals surface area contributed by atoms with Crippen molar-refractivity contribution in [1.29, 1.82) is 0 Å². The molecule has 4 rings (SSSR count). The molecule has 2 aromatic rings. The number of imidazole rings is 1.